The maximum Gasteiger partial charge on any atom is 0.220 e. The Labute approximate surface area is 130 Å². The summed E-state index contributed by atoms with van der Waals surface area (Å²) in [5.74, 6) is 0.124. The summed E-state index contributed by atoms with van der Waals surface area (Å²) in [5, 5.41) is 4.22. The second-order valence-electron chi connectivity index (χ2n) is 5.66. The number of ether oxygens (including phenoxy) is 1. The van der Waals surface area contributed by atoms with Crippen LogP contribution >= 0.6 is 0 Å². The third-order valence-electron chi connectivity index (χ3n) is 4.15. The Hall–Kier alpha value is -1.85. The van der Waals surface area contributed by atoms with Gasteiger partial charge >= 0.3 is 0 Å². The highest BCUT2D eigenvalue weighted by molar-refractivity contribution is 5.84. The van der Waals surface area contributed by atoms with E-state index < -0.39 is 0 Å². The average molecular weight is 301 g/mol. The van der Waals surface area contributed by atoms with Crippen molar-refractivity contribution in [2.45, 2.75) is 12.8 Å². The van der Waals surface area contributed by atoms with Gasteiger partial charge in [0.05, 0.1) is 13.2 Å². The Morgan fingerprint density at radius 2 is 2.09 bits per heavy atom. The molecule has 3 rings (SSSR count). The lowest BCUT2D eigenvalue weighted by molar-refractivity contribution is -0.121. The van der Waals surface area contributed by atoms with E-state index in [-0.39, 0.29) is 5.91 Å². The monoisotopic (exact) mass is 301 g/mol. The number of benzene rings is 1. The zero-order valence-corrected chi connectivity index (χ0v) is 12.8. The van der Waals surface area contributed by atoms with Gasteiger partial charge in [0.2, 0.25) is 5.91 Å². The molecule has 1 saturated heterocycles. The van der Waals surface area contributed by atoms with Crippen molar-refractivity contribution in [3.63, 3.8) is 0 Å². The molecule has 1 aliphatic heterocycles. The predicted octanol–water partition coefficient (Wildman–Crippen LogP) is 1.55. The molecule has 118 valence electrons. The number of hydrogen-bond donors (Lipinski definition) is 2. The topological polar surface area (TPSA) is 57.4 Å². The summed E-state index contributed by atoms with van der Waals surface area (Å²) in [4.78, 5) is 17.5. The van der Waals surface area contributed by atoms with E-state index in [2.05, 4.69) is 27.3 Å². The van der Waals surface area contributed by atoms with Crippen LogP contribution in [0.1, 0.15) is 12.0 Å². The van der Waals surface area contributed by atoms with Crippen molar-refractivity contribution in [2.75, 3.05) is 39.4 Å². The van der Waals surface area contributed by atoms with Crippen LogP contribution < -0.4 is 5.32 Å². The molecule has 1 fully saturated rings. The van der Waals surface area contributed by atoms with E-state index in [1.54, 1.807) is 0 Å². The molecular formula is C17H23N3O2. The number of nitrogens with one attached hydrogen (secondary N) is 2. The lowest BCUT2D eigenvalue weighted by Gasteiger charge is -2.26. The van der Waals surface area contributed by atoms with Crippen molar-refractivity contribution in [2.24, 2.45) is 0 Å². The number of aromatic nitrogens is 1. The Balaban J connectivity index is 1.40. The van der Waals surface area contributed by atoms with E-state index in [0.29, 0.717) is 13.0 Å². The summed E-state index contributed by atoms with van der Waals surface area (Å²) in [6.07, 6.45) is 3.31. The second kappa shape index (κ2) is 7.42. The number of morpholine rings is 1. The van der Waals surface area contributed by atoms with Crippen molar-refractivity contribution < 1.29 is 9.53 Å². The minimum Gasteiger partial charge on any atom is -0.379 e. The predicted molar refractivity (Wildman–Crippen MR) is 86.9 cm³/mol. The van der Waals surface area contributed by atoms with Gasteiger partial charge in [-0.3, -0.25) is 9.69 Å². The fourth-order valence-corrected chi connectivity index (χ4v) is 2.85. The first-order valence-electron chi connectivity index (χ1n) is 7.95. The number of rotatable bonds is 6. The van der Waals surface area contributed by atoms with Crippen molar-refractivity contribution in [3.05, 3.63) is 36.0 Å². The van der Waals surface area contributed by atoms with Crippen LogP contribution in [0.4, 0.5) is 0 Å². The Bertz CT molecular complexity index is 617. The van der Waals surface area contributed by atoms with Crippen molar-refractivity contribution in [1.29, 1.82) is 0 Å². The molecule has 5 heteroatoms. The van der Waals surface area contributed by atoms with Gasteiger partial charge < -0.3 is 15.0 Å². The number of aryl methyl sites for hydroxylation is 1. The molecule has 5 nitrogen and oxygen atoms in total. The smallest absolute Gasteiger partial charge is 0.220 e. The molecule has 1 aliphatic rings. The first-order chi connectivity index (χ1) is 10.8. The van der Waals surface area contributed by atoms with Crippen LogP contribution in [0.5, 0.6) is 0 Å². The molecule has 0 aliphatic carbocycles. The number of aromatic amines is 1. The zero-order chi connectivity index (χ0) is 15.2. The number of carbonyl (C=O) groups excluding carboxylic acids is 1. The summed E-state index contributed by atoms with van der Waals surface area (Å²) in [6.45, 7) is 5.15. The minimum atomic E-state index is 0.124. The van der Waals surface area contributed by atoms with Crippen LogP contribution in [-0.2, 0) is 16.0 Å². The van der Waals surface area contributed by atoms with E-state index in [0.717, 1.165) is 44.8 Å². The standard InChI is InChI=1S/C17H23N3O2/c21-17(18-7-8-20-9-11-22-12-10-20)6-5-14-13-19-16-4-2-1-3-15(14)16/h1-4,13,19H,5-12H2,(H,18,21). The Morgan fingerprint density at radius 3 is 2.95 bits per heavy atom. The second-order valence-corrected chi connectivity index (χ2v) is 5.66. The Kier molecular flexibility index (Phi) is 5.08. The molecule has 2 heterocycles. The number of amides is 1. The fraction of sp³-hybridized carbons (Fsp3) is 0.471. The van der Waals surface area contributed by atoms with Gasteiger partial charge in [0, 0.05) is 49.7 Å². The van der Waals surface area contributed by atoms with Crippen LogP contribution in [0.2, 0.25) is 0 Å². The molecule has 2 N–H and O–H groups in total. The van der Waals surface area contributed by atoms with Crippen LogP contribution in [0.25, 0.3) is 10.9 Å². The van der Waals surface area contributed by atoms with E-state index in [1.807, 2.05) is 18.3 Å². The number of H-pyrrole nitrogens is 1. The van der Waals surface area contributed by atoms with Crippen molar-refractivity contribution >= 4 is 16.8 Å². The molecule has 1 aromatic heterocycles. The summed E-state index contributed by atoms with van der Waals surface area (Å²) in [5.41, 5.74) is 2.34. The quantitative estimate of drug-likeness (QED) is 0.851. The number of nitrogens with zero attached hydrogens (tertiary/aromatic N) is 1. The molecule has 0 unspecified atom stereocenters. The van der Waals surface area contributed by atoms with E-state index in [4.69, 9.17) is 4.74 Å². The molecule has 0 bridgehead atoms. The van der Waals surface area contributed by atoms with Gasteiger partial charge in [-0.05, 0) is 18.1 Å². The highest BCUT2D eigenvalue weighted by Crippen LogP contribution is 2.18. The van der Waals surface area contributed by atoms with Gasteiger partial charge in [-0.2, -0.15) is 0 Å². The van der Waals surface area contributed by atoms with Gasteiger partial charge in [-0.25, -0.2) is 0 Å². The number of fused-ring (bicyclic) bond motifs is 1. The zero-order valence-electron chi connectivity index (χ0n) is 12.8. The summed E-state index contributed by atoms with van der Waals surface area (Å²) in [6, 6.07) is 8.20. The molecule has 0 radical (unpaired) electrons. The summed E-state index contributed by atoms with van der Waals surface area (Å²) < 4.78 is 5.31. The lowest BCUT2D eigenvalue weighted by Crippen LogP contribution is -2.41. The maximum atomic E-state index is 12.0. The lowest BCUT2D eigenvalue weighted by atomic mass is 10.1. The van der Waals surface area contributed by atoms with Gasteiger partial charge in [0.15, 0.2) is 0 Å². The largest absolute Gasteiger partial charge is 0.379 e. The maximum absolute atomic E-state index is 12.0. The van der Waals surface area contributed by atoms with E-state index in [1.165, 1.54) is 10.9 Å². The van der Waals surface area contributed by atoms with Gasteiger partial charge in [-0.15, -0.1) is 0 Å². The van der Waals surface area contributed by atoms with Gasteiger partial charge in [-0.1, -0.05) is 18.2 Å². The fourth-order valence-electron chi connectivity index (χ4n) is 2.85. The third-order valence-corrected chi connectivity index (χ3v) is 4.15. The number of hydrogen-bond acceptors (Lipinski definition) is 3. The van der Waals surface area contributed by atoms with Crippen LogP contribution in [-0.4, -0.2) is 55.2 Å². The van der Waals surface area contributed by atoms with Crippen molar-refractivity contribution in [1.82, 2.24) is 15.2 Å². The first kappa shape index (κ1) is 15.1. The number of carbonyl (C=O) groups is 1. The summed E-state index contributed by atoms with van der Waals surface area (Å²) in [7, 11) is 0. The molecule has 1 aromatic carbocycles. The third kappa shape index (κ3) is 3.87. The molecule has 0 spiro atoms. The van der Waals surface area contributed by atoms with Crippen molar-refractivity contribution in [3.8, 4) is 0 Å². The Morgan fingerprint density at radius 1 is 1.27 bits per heavy atom. The first-order valence-corrected chi connectivity index (χ1v) is 7.95. The molecule has 0 atom stereocenters. The van der Waals surface area contributed by atoms with Crippen LogP contribution in [0.3, 0.4) is 0 Å². The molecule has 0 saturated carbocycles. The average Bonchev–Trinajstić information content (AvgIpc) is 2.97. The van der Waals surface area contributed by atoms with E-state index >= 15 is 0 Å². The SMILES string of the molecule is O=C(CCc1c[nH]c2ccccc12)NCCN1CCOCC1. The van der Waals surface area contributed by atoms with Crippen LogP contribution in [0, 0.1) is 0 Å². The van der Waals surface area contributed by atoms with E-state index in [9.17, 15) is 4.79 Å². The highest BCUT2D eigenvalue weighted by atomic mass is 16.5. The molecule has 2 aromatic rings. The molecular weight excluding hydrogens is 278 g/mol. The normalized spacial score (nSPS) is 16.0. The van der Waals surface area contributed by atoms with Crippen LogP contribution in [0.15, 0.2) is 30.5 Å². The molecule has 1 amide bonds. The molecule has 22 heavy (non-hydrogen) atoms. The number of para-hydroxylation sites is 1. The highest BCUT2D eigenvalue weighted by Gasteiger charge is 2.10. The van der Waals surface area contributed by atoms with Gasteiger partial charge in [0.25, 0.3) is 0 Å². The minimum absolute atomic E-state index is 0.124. The van der Waals surface area contributed by atoms with Gasteiger partial charge in [0.1, 0.15) is 0 Å². The summed E-state index contributed by atoms with van der Waals surface area (Å²) >= 11 is 0.